The van der Waals surface area contributed by atoms with E-state index < -0.39 is 0 Å². The monoisotopic (exact) mass is 343 g/mol. The molecule has 0 radical (unpaired) electrons. The van der Waals surface area contributed by atoms with Crippen LogP contribution in [0.5, 0.6) is 0 Å². The molecular formula is C18H18ClN3O2. The van der Waals surface area contributed by atoms with Gasteiger partial charge in [0, 0.05) is 18.3 Å². The number of rotatable bonds is 4. The van der Waals surface area contributed by atoms with Crippen LogP contribution in [0.4, 0.5) is 0 Å². The Balaban J connectivity index is 1.94. The van der Waals surface area contributed by atoms with Crippen molar-refractivity contribution in [2.24, 2.45) is 7.05 Å². The molecule has 3 rings (SSSR count). The molecule has 1 atom stereocenters. The number of hydrogen-bond donors (Lipinski definition) is 1. The second kappa shape index (κ2) is 6.53. The molecule has 124 valence electrons. The first-order valence-corrected chi connectivity index (χ1v) is 7.95. The first kappa shape index (κ1) is 16.3. The van der Waals surface area contributed by atoms with Gasteiger partial charge in [0.2, 0.25) is 0 Å². The fourth-order valence-corrected chi connectivity index (χ4v) is 2.76. The lowest BCUT2D eigenvalue weighted by atomic mass is 10.0. The average Bonchev–Trinajstić information content (AvgIpc) is 3.11. The number of aryl methyl sites for hydroxylation is 3. The Morgan fingerprint density at radius 3 is 2.50 bits per heavy atom. The first-order valence-electron chi connectivity index (χ1n) is 7.57. The van der Waals surface area contributed by atoms with Gasteiger partial charge in [-0.25, -0.2) is 0 Å². The number of halogens is 1. The molecule has 2 aromatic heterocycles. The normalized spacial score (nSPS) is 12.2. The van der Waals surface area contributed by atoms with Gasteiger partial charge in [0.15, 0.2) is 0 Å². The summed E-state index contributed by atoms with van der Waals surface area (Å²) in [6.07, 6.45) is 1.84. The fourth-order valence-electron chi connectivity index (χ4n) is 2.64. The van der Waals surface area contributed by atoms with Crippen LogP contribution >= 0.6 is 11.6 Å². The minimum Gasteiger partial charge on any atom is -0.466 e. The third-order valence-corrected chi connectivity index (χ3v) is 4.05. The van der Waals surface area contributed by atoms with Crippen molar-refractivity contribution in [1.29, 1.82) is 0 Å². The van der Waals surface area contributed by atoms with Gasteiger partial charge in [-0.3, -0.25) is 9.48 Å². The summed E-state index contributed by atoms with van der Waals surface area (Å²) in [7, 11) is 1.84. The number of nitrogens with zero attached hydrogens (tertiary/aromatic N) is 2. The lowest BCUT2D eigenvalue weighted by molar-refractivity contribution is 0.0940. The number of amides is 1. The van der Waals surface area contributed by atoms with Crippen LogP contribution in [0.3, 0.4) is 0 Å². The van der Waals surface area contributed by atoms with E-state index in [9.17, 15) is 4.79 Å². The molecule has 3 aromatic rings. The molecule has 1 N–H and O–H groups in total. The quantitative estimate of drug-likeness (QED) is 0.783. The summed E-state index contributed by atoms with van der Waals surface area (Å²) in [5.74, 6) is 1.11. The van der Waals surface area contributed by atoms with Crippen molar-refractivity contribution in [3.05, 3.63) is 76.0 Å². The van der Waals surface area contributed by atoms with E-state index in [2.05, 4.69) is 10.4 Å². The van der Waals surface area contributed by atoms with Gasteiger partial charge in [0.25, 0.3) is 5.91 Å². The maximum Gasteiger partial charge on any atom is 0.255 e. The molecule has 0 aliphatic rings. The Morgan fingerprint density at radius 2 is 1.96 bits per heavy atom. The highest BCUT2D eigenvalue weighted by Gasteiger charge is 2.22. The fraction of sp³-hybridized carbons (Fsp3) is 0.222. The third-order valence-electron chi connectivity index (χ3n) is 3.79. The van der Waals surface area contributed by atoms with Crippen LogP contribution in [-0.2, 0) is 7.05 Å². The van der Waals surface area contributed by atoms with E-state index in [0.29, 0.717) is 22.1 Å². The Bertz CT molecular complexity index is 865. The molecule has 1 aromatic carbocycles. The molecule has 2 heterocycles. The number of benzene rings is 1. The van der Waals surface area contributed by atoms with Gasteiger partial charge in [-0.15, -0.1) is 0 Å². The van der Waals surface area contributed by atoms with Crippen molar-refractivity contribution in [3.8, 4) is 0 Å². The summed E-state index contributed by atoms with van der Waals surface area (Å²) in [5.41, 5.74) is 2.19. The standard InChI is InChI=1S/C18H18ClN3O2/c1-11-10-15(12(2)24-11)18(23)20-17(16-8-9-22(3)21-16)13-4-6-14(19)7-5-13/h4-10,17H,1-3H3,(H,20,23)/t17-/m0/s1. The smallest absolute Gasteiger partial charge is 0.255 e. The molecule has 1 amide bonds. The highest BCUT2D eigenvalue weighted by Crippen LogP contribution is 2.24. The highest BCUT2D eigenvalue weighted by atomic mass is 35.5. The molecule has 0 bridgehead atoms. The number of hydrogen-bond acceptors (Lipinski definition) is 3. The van der Waals surface area contributed by atoms with Crippen LogP contribution in [0.15, 0.2) is 47.0 Å². The summed E-state index contributed by atoms with van der Waals surface area (Å²) in [6, 6.07) is 10.6. The lowest BCUT2D eigenvalue weighted by Crippen LogP contribution is -2.30. The van der Waals surface area contributed by atoms with Crippen molar-refractivity contribution in [2.75, 3.05) is 0 Å². The Hall–Kier alpha value is -2.53. The topological polar surface area (TPSA) is 60.1 Å². The van der Waals surface area contributed by atoms with Gasteiger partial charge in [-0.1, -0.05) is 23.7 Å². The van der Waals surface area contributed by atoms with E-state index in [1.807, 2.05) is 38.4 Å². The molecule has 0 aliphatic carbocycles. The Kier molecular flexibility index (Phi) is 4.44. The van der Waals surface area contributed by atoms with Crippen LogP contribution in [0.1, 0.15) is 39.2 Å². The average molecular weight is 344 g/mol. The molecule has 24 heavy (non-hydrogen) atoms. The minimum absolute atomic E-state index is 0.199. The van der Waals surface area contributed by atoms with Gasteiger partial charge < -0.3 is 9.73 Å². The Labute approximate surface area is 145 Å². The van der Waals surface area contributed by atoms with Crippen molar-refractivity contribution < 1.29 is 9.21 Å². The van der Waals surface area contributed by atoms with Crippen LogP contribution < -0.4 is 5.32 Å². The van der Waals surface area contributed by atoms with Gasteiger partial charge in [0.1, 0.15) is 11.5 Å². The molecule has 0 saturated carbocycles. The summed E-state index contributed by atoms with van der Waals surface area (Å²) >= 11 is 5.97. The van der Waals surface area contributed by atoms with Crippen LogP contribution in [0, 0.1) is 13.8 Å². The van der Waals surface area contributed by atoms with E-state index in [0.717, 1.165) is 11.3 Å². The van der Waals surface area contributed by atoms with Gasteiger partial charge >= 0.3 is 0 Å². The second-order valence-corrected chi connectivity index (χ2v) is 6.14. The SMILES string of the molecule is Cc1cc(C(=O)N[C@@H](c2ccc(Cl)cc2)c2ccn(C)n2)c(C)o1. The lowest BCUT2D eigenvalue weighted by Gasteiger charge is -2.17. The van der Waals surface area contributed by atoms with Gasteiger partial charge in [-0.05, 0) is 43.7 Å². The largest absolute Gasteiger partial charge is 0.466 e. The molecule has 5 nitrogen and oxygen atoms in total. The summed E-state index contributed by atoms with van der Waals surface area (Å²) in [4.78, 5) is 12.7. The second-order valence-electron chi connectivity index (χ2n) is 5.70. The van der Waals surface area contributed by atoms with E-state index in [1.54, 1.807) is 29.8 Å². The number of carbonyl (C=O) groups excluding carboxylic acids is 1. The van der Waals surface area contributed by atoms with Crippen molar-refractivity contribution in [2.45, 2.75) is 19.9 Å². The molecular weight excluding hydrogens is 326 g/mol. The Morgan fingerprint density at radius 1 is 1.25 bits per heavy atom. The van der Waals surface area contributed by atoms with Gasteiger partial charge in [-0.2, -0.15) is 5.10 Å². The van der Waals surface area contributed by atoms with E-state index in [4.69, 9.17) is 16.0 Å². The zero-order chi connectivity index (χ0) is 17.3. The maximum atomic E-state index is 12.7. The molecule has 0 saturated heterocycles. The van der Waals surface area contributed by atoms with E-state index in [-0.39, 0.29) is 11.9 Å². The number of aromatic nitrogens is 2. The summed E-state index contributed by atoms with van der Waals surface area (Å²) < 4.78 is 7.16. The number of carbonyl (C=O) groups is 1. The highest BCUT2D eigenvalue weighted by molar-refractivity contribution is 6.30. The predicted molar refractivity (Wildman–Crippen MR) is 92.2 cm³/mol. The molecule has 0 spiro atoms. The van der Waals surface area contributed by atoms with E-state index >= 15 is 0 Å². The summed E-state index contributed by atoms with van der Waals surface area (Å²) in [5, 5.41) is 8.11. The van der Waals surface area contributed by atoms with Crippen molar-refractivity contribution in [1.82, 2.24) is 15.1 Å². The maximum absolute atomic E-state index is 12.7. The van der Waals surface area contributed by atoms with Crippen LogP contribution in [-0.4, -0.2) is 15.7 Å². The first-order chi connectivity index (χ1) is 11.4. The molecule has 6 heteroatoms. The van der Waals surface area contributed by atoms with Crippen molar-refractivity contribution in [3.63, 3.8) is 0 Å². The van der Waals surface area contributed by atoms with E-state index in [1.165, 1.54) is 0 Å². The van der Waals surface area contributed by atoms with Crippen molar-refractivity contribution >= 4 is 17.5 Å². The molecule has 0 aliphatic heterocycles. The number of furan rings is 1. The van der Waals surface area contributed by atoms with Crippen LogP contribution in [0.25, 0.3) is 0 Å². The van der Waals surface area contributed by atoms with Gasteiger partial charge in [0.05, 0.1) is 17.3 Å². The summed E-state index contributed by atoms with van der Waals surface area (Å²) in [6.45, 7) is 3.60. The molecule has 0 fully saturated rings. The minimum atomic E-state index is -0.370. The molecule has 0 unspecified atom stereocenters. The third kappa shape index (κ3) is 3.36. The zero-order valence-electron chi connectivity index (χ0n) is 13.7. The van der Waals surface area contributed by atoms with Crippen LogP contribution in [0.2, 0.25) is 5.02 Å². The number of nitrogens with one attached hydrogen (secondary N) is 1. The predicted octanol–water partition coefficient (Wildman–Crippen LogP) is 3.80. The zero-order valence-corrected chi connectivity index (χ0v) is 14.5.